The van der Waals surface area contributed by atoms with Crippen molar-refractivity contribution in [2.45, 2.75) is 38.6 Å². The Morgan fingerprint density at radius 3 is 2.22 bits per heavy atom. The summed E-state index contributed by atoms with van der Waals surface area (Å²) in [4.78, 5) is 17.5. The fraction of sp³-hybridized carbons (Fsp3) is 0.435. The molecule has 1 atom stereocenters. The smallest absolute Gasteiger partial charge is 0.246 e. The lowest BCUT2D eigenvalue weighted by Gasteiger charge is -2.26. The van der Waals surface area contributed by atoms with Crippen molar-refractivity contribution in [3.63, 3.8) is 0 Å². The molecule has 144 valence electrons. The van der Waals surface area contributed by atoms with Crippen LogP contribution in [0.4, 0.5) is 11.4 Å². The first kappa shape index (κ1) is 19.4. The minimum Gasteiger partial charge on any atom is -0.372 e. The quantitative estimate of drug-likeness (QED) is 0.806. The number of carbonyl (C=O) groups is 1. The number of carbonyl (C=O) groups excluding carboxylic acids is 1. The summed E-state index contributed by atoms with van der Waals surface area (Å²) in [5.41, 5.74) is 3.12. The SMILES string of the molecule is CCN(C)C(C(=O)Nc1ccc(N2CCCCCC2)cc1)c1ccccc1. The van der Waals surface area contributed by atoms with E-state index in [1.165, 1.54) is 31.4 Å². The molecule has 2 aromatic rings. The van der Waals surface area contributed by atoms with Gasteiger partial charge in [-0.2, -0.15) is 0 Å². The number of amides is 1. The number of hydrogen-bond acceptors (Lipinski definition) is 3. The molecule has 0 radical (unpaired) electrons. The second-order valence-electron chi connectivity index (χ2n) is 7.32. The van der Waals surface area contributed by atoms with Gasteiger partial charge in [-0.3, -0.25) is 9.69 Å². The second-order valence-corrected chi connectivity index (χ2v) is 7.32. The maximum Gasteiger partial charge on any atom is 0.246 e. The fourth-order valence-corrected chi connectivity index (χ4v) is 3.72. The molecule has 0 saturated carbocycles. The topological polar surface area (TPSA) is 35.6 Å². The molecule has 0 aromatic heterocycles. The number of anilines is 2. The summed E-state index contributed by atoms with van der Waals surface area (Å²) in [5, 5.41) is 3.10. The Hall–Kier alpha value is -2.33. The molecule has 1 unspecified atom stereocenters. The zero-order valence-electron chi connectivity index (χ0n) is 16.5. The summed E-state index contributed by atoms with van der Waals surface area (Å²) >= 11 is 0. The molecule has 1 heterocycles. The van der Waals surface area contributed by atoms with Gasteiger partial charge in [0, 0.05) is 24.5 Å². The van der Waals surface area contributed by atoms with E-state index in [1.807, 2.05) is 49.5 Å². The molecule has 4 nitrogen and oxygen atoms in total. The van der Waals surface area contributed by atoms with Gasteiger partial charge in [0.15, 0.2) is 0 Å². The molecular weight excluding hydrogens is 334 g/mol. The number of likely N-dealkylation sites (N-methyl/N-ethyl adjacent to an activating group) is 1. The van der Waals surface area contributed by atoms with Gasteiger partial charge >= 0.3 is 0 Å². The first-order valence-corrected chi connectivity index (χ1v) is 10.1. The highest BCUT2D eigenvalue weighted by molar-refractivity contribution is 5.95. The Labute approximate surface area is 163 Å². The molecule has 1 amide bonds. The molecule has 2 aromatic carbocycles. The van der Waals surface area contributed by atoms with Gasteiger partial charge in [-0.05, 0) is 56.3 Å². The average Bonchev–Trinajstić information content (AvgIpc) is 2.99. The van der Waals surface area contributed by atoms with Gasteiger partial charge in [-0.25, -0.2) is 0 Å². The van der Waals surface area contributed by atoms with Gasteiger partial charge in [0.05, 0.1) is 0 Å². The summed E-state index contributed by atoms with van der Waals surface area (Å²) in [6.45, 7) is 5.13. The van der Waals surface area contributed by atoms with Crippen LogP contribution in [0.25, 0.3) is 0 Å². The number of hydrogen-bond donors (Lipinski definition) is 1. The summed E-state index contributed by atoms with van der Waals surface area (Å²) in [6, 6.07) is 18.0. The van der Waals surface area contributed by atoms with Crippen molar-refractivity contribution < 1.29 is 4.79 Å². The van der Waals surface area contributed by atoms with Crippen LogP contribution in [0.5, 0.6) is 0 Å². The van der Waals surface area contributed by atoms with Crippen molar-refractivity contribution in [3.8, 4) is 0 Å². The van der Waals surface area contributed by atoms with Gasteiger partial charge in [0.25, 0.3) is 0 Å². The largest absolute Gasteiger partial charge is 0.372 e. The third kappa shape index (κ3) is 5.10. The number of rotatable bonds is 6. The van der Waals surface area contributed by atoms with Crippen LogP contribution in [0.1, 0.15) is 44.2 Å². The summed E-state index contributed by atoms with van der Waals surface area (Å²) < 4.78 is 0. The Kier molecular flexibility index (Phi) is 6.88. The van der Waals surface area contributed by atoms with Crippen molar-refractivity contribution >= 4 is 17.3 Å². The maximum absolute atomic E-state index is 13.0. The molecule has 1 N–H and O–H groups in total. The van der Waals surface area contributed by atoms with E-state index in [-0.39, 0.29) is 11.9 Å². The minimum atomic E-state index is -0.290. The number of benzene rings is 2. The van der Waals surface area contributed by atoms with Crippen molar-refractivity contribution in [1.82, 2.24) is 4.90 Å². The van der Waals surface area contributed by atoms with E-state index in [0.29, 0.717) is 0 Å². The molecule has 1 aliphatic heterocycles. The molecular formula is C23H31N3O. The summed E-state index contributed by atoms with van der Waals surface area (Å²) in [6.07, 6.45) is 5.19. The van der Waals surface area contributed by atoms with Crippen LogP contribution in [-0.4, -0.2) is 37.5 Å². The molecule has 0 bridgehead atoms. The highest BCUT2D eigenvalue weighted by Crippen LogP contribution is 2.24. The predicted molar refractivity (Wildman–Crippen MR) is 113 cm³/mol. The third-order valence-electron chi connectivity index (χ3n) is 5.41. The van der Waals surface area contributed by atoms with E-state index in [9.17, 15) is 4.79 Å². The first-order valence-electron chi connectivity index (χ1n) is 10.1. The van der Waals surface area contributed by atoms with Crippen molar-refractivity contribution in [1.29, 1.82) is 0 Å². The van der Waals surface area contributed by atoms with Crippen LogP contribution in [0.2, 0.25) is 0 Å². The maximum atomic E-state index is 13.0. The van der Waals surface area contributed by atoms with Gasteiger partial charge in [0.2, 0.25) is 5.91 Å². The average molecular weight is 366 g/mol. The van der Waals surface area contributed by atoms with Gasteiger partial charge < -0.3 is 10.2 Å². The molecule has 1 saturated heterocycles. The van der Waals surface area contributed by atoms with E-state index in [2.05, 4.69) is 34.2 Å². The van der Waals surface area contributed by atoms with Gasteiger partial charge in [-0.1, -0.05) is 50.1 Å². The van der Waals surface area contributed by atoms with Crippen LogP contribution in [0, 0.1) is 0 Å². The van der Waals surface area contributed by atoms with Crippen LogP contribution in [0.3, 0.4) is 0 Å². The molecule has 1 aliphatic rings. The zero-order valence-corrected chi connectivity index (χ0v) is 16.5. The second kappa shape index (κ2) is 9.56. The summed E-state index contributed by atoms with van der Waals surface area (Å²) in [7, 11) is 1.99. The van der Waals surface area contributed by atoms with E-state index < -0.39 is 0 Å². The Bertz CT molecular complexity index is 706. The zero-order chi connectivity index (χ0) is 19.1. The number of nitrogens with zero attached hydrogens (tertiary/aromatic N) is 2. The van der Waals surface area contributed by atoms with Crippen LogP contribution in [-0.2, 0) is 4.79 Å². The normalized spacial score (nSPS) is 16.0. The lowest BCUT2D eigenvalue weighted by atomic mass is 10.0. The Balaban J connectivity index is 1.70. The summed E-state index contributed by atoms with van der Waals surface area (Å²) in [5.74, 6) is 0.00747. The number of nitrogens with one attached hydrogen (secondary N) is 1. The van der Waals surface area contributed by atoms with Crippen LogP contribution in [0.15, 0.2) is 54.6 Å². The van der Waals surface area contributed by atoms with E-state index in [1.54, 1.807) is 0 Å². The predicted octanol–water partition coefficient (Wildman–Crippen LogP) is 4.70. The fourth-order valence-electron chi connectivity index (χ4n) is 3.72. The Morgan fingerprint density at radius 1 is 1.00 bits per heavy atom. The minimum absolute atomic E-state index is 0.00747. The van der Waals surface area contributed by atoms with E-state index >= 15 is 0 Å². The van der Waals surface area contributed by atoms with Crippen LogP contribution < -0.4 is 10.2 Å². The lowest BCUT2D eigenvalue weighted by Crippen LogP contribution is -2.34. The van der Waals surface area contributed by atoms with Crippen LogP contribution >= 0.6 is 0 Å². The molecule has 1 fully saturated rings. The lowest BCUT2D eigenvalue weighted by molar-refractivity contribution is -0.121. The molecule has 0 spiro atoms. The van der Waals surface area contributed by atoms with Gasteiger partial charge in [0.1, 0.15) is 6.04 Å². The molecule has 3 rings (SSSR count). The third-order valence-corrected chi connectivity index (χ3v) is 5.41. The van der Waals surface area contributed by atoms with Crippen molar-refractivity contribution in [2.75, 3.05) is 36.9 Å². The van der Waals surface area contributed by atoms with E-state index in [0.717, 1.165) is 30.9 Å². The highest BCUT2D eigenvalue weighted by atomic mass is 16.2. The van der Waals surface area contributed by atoms with Crippen molar-refractivity contribution in [3.05, 3.63) is 60.2 Å². The standard InChI is InChI=1S/C23H31N3O/c1-3-25(2)22(19-11-7-6-8-12-19)23(27)24-20-13-15-21(16-14-20)26-17-9-4-5-10-18-26/h6-8,11-16,22H,3-5,9-10,17-18H2,1-2H3,(H,24,27). The van der Waals surface area contributed by atoms with Gasteiger partial charge in [-0.15, -0.1) is 0 Å². The van der Waals surface area contributed by atoms with E-state index in [4.69, 9.17) is 0 Å². The molecule has 4 heteroatoms. The molecule has 0 aliphatic carbocycles. The Morgan fingerprint density at radius 2 is 1.63 bits per heavy atom. The molecule has 27 heavy (non-hydrogen) atoms. The van der Waals surface area contributed by atoms with Crippen molar-refractivity contribution in [2.24, 2.45) is 0 Å². The monoisotopic (exact) mass is 365 g/mol. The highest BCUT2D eigenvalue weighted by Gasteiger charge is 2.24. The first-order chi connectivity index (χ1) is 13.2.